The van der Waals surface area contributed by atoms with E-state index in [0.29, 0.717) is 0 Å². The molecule has 0 aliphatic heterocycles. The molecule has 0 bridgehead atoms. The zero-order valence-corrected chi connectivity index (χ0v) is 13.8. The van der Waals surface area contributed by atoms with Crippen LogP contribution in [-0.2, 0) is 11.4 Å². The Kier molecular flexibility index (Phi) is 5.11. The summed E-state index contributed by atoms with van der Waals surface area (Å²) in [6.45, 7) is 5.70. The third kappa shape index (κ3) is 4.00. The molecule has 2 atom stereocenters. The lowest BCUT2D eigenvalue weighted by molar-refractivity contribution is 0.535. The van der Waals surface area contributed by atoms with E-state index in [1.807, 2.05) is 51.1 Å². The summed E-state index contributed by atoms with van der Waals surface area (Å²) in [7, 11) is 0. The van der Waals surface area contributed by atoms with Gasteiger partial charge in [0, 0.05) is 11.4 Å². The molecule has 2 aromatic rings. The second-order valence-electron chi connectivity index (χ2n) is 6.12. The molecule has 0 radical (unpaired) electrons. The number of nitrogen functional groups attached to an aromatic ring is 1. The standard InChI is InChI=1S/C17H21FN2OS/c1-17(2,3)22(21)20-16(12-7-5-4-6-8-12)13-9-10-14(18)15(19)11-13/h4-11,16,20H,19H2,1-3H3/t16-,22?/m1/s1. The largest absolute Gasteiger partial charge is 0.598 e. The predicted octanol–water partition coefficient (Wildman–Crippen LogP) is 3.55. The molecule has 0 saturated heterocycles. The molecular weight excluding hydrogens is 299 g/mol. The lowest BCUT2D eigenvalue weighted by Crippen LogP contribution is -2.41. The molecule has 22 heavy (non-hydrogen) atoms. The molecule has 0 saturated carbocycles. The highest BCUT2D eigenvalue weighted by atomic mass is 32.2. The van der Waals surface area contributed by atoms with Crippen molar-refractivity contribution in [3.63, 3.8) is 0 Å². The van der Waals surface area contributed by atoms with Crippen LogP contribution in [0.2, 0.25) is 0 Å². The Labute approximate surface area is 134 Å². The minimum absolute atomic E-state index is 0.0850. The monoisotopic (exact) mass is 320 g/mol. The van der Waals surface area contributed by atoms with Gasteiger partial charge in [0.25, 0.3) is 0 Å². The van der Waals surface area contributed by atoms with E-state index in [2.05, 4.69) is 4.72 Å². The van der Waals surface area contributed by atoms with Gasteiger partial charge in [-0.3, -0.25) is 0 Å². The predicted molar refractivity (Wildman–Crippen MR) is 90.1 cm³/mol. The van der Waals surface area contributed by atoms with Gasteiger partial charge in [-0.1, -0.05) is 36.4 Å². The molecule has 0 aromatic heterocycles. The summed E-state index contributed by atoms with van der Waals surface area (Å²) in [6, 6.07) is 13.9. The molecular formula is C17H21FN2OS. The van der Waals surface area contributed by atoms with Crippen molar-refractivity contribution in [1.29, 1.82) is 0 Å². The summed E-state index contributed by atoms with van der Waals surface area (Å²) in [6.07, 6.45) is 0. The van der Waals surface area contributed by atoms with Crippen LogP contribution in [0.15, 0.2) is 48.5 Å². The maximum Gasteiger partial charge on any atom is 0.146 e. The Balaban J connectivity index is 2.39. The van der Waals surface area contributed by atoms with Crippen LogP contribution in [0.1, 0.15) is 37.9 Å². The number of anilines is 1. The quantitative estimate of drug-likeness (QED) is 0.669. The van der Waals surface area contributed by atoms with Crippen molar-refractivity contribution >= 4 is 17.0 Å². The number of rotatable bonds is 4. The van der Waals surface area contributed by atoms with Gasteiger partial charge in [-0.25, -0.2) is 4.39 Å². The molecule has 1 unspecified atom stereocenters. The van der Waals surface area contributed by atoms with Gasteiger partial charge in [-0.05, 0) is 44.0 Å². The van der Waals surface area contributed by atoms with E-state index in [0.717, 1.165) is 11.1 Å². The smallest absolute Gasteiger partial charge is 0.146 e. The lowest BCUT2D eigenvalue weighted by Gasteiger charge is -2.28. The summed E-state index contributed by atoms with van der Waals surface area (Å²) in [5.74, 6) is -0.451. The fourth-order valence-corrected chi connectivity index (χ4v) is 2.84. The molecule has 3 N–H and O–H groups in total. The summed E-state index contributed by atoms with van der Waals surface area (Å²) < 4.78 is 28.6. The molecule has 0 aliphatic rings. The van der Waals surface area contributed by atoms with Crippen molar-refractivity contribution < 1.29 is 8.94 Å². The summed E-state index contributed by atoms with van der Waals surface area (Å²) in [5.41, 5.74) is 7.49. The fourth-order valence-electron chi connectivity index (χ4n) is 2.00. The van der Waals surface area contributed by atoms with E-state index >= 15 is 0 Å². The number of hydrogen-bond acceptors (Lipinski definition) is 3. The van der Waals surface area contributed by atoms with Crippen LogP contribution in [0.5, 0.6) is 0 Å². The molecule has 0 heterocycles. The van der Waals surface area contributed by atoms with Gasteiger partial charge in [0.1, 0.15) is 16.6 Å². The lowest BCUT2D eigenvalue weighted by atomic mass is 9.99. The third-order valence-electron chi connectivity index (χ3n) is 3.27. The molecule has 5 heteroatoms. The van der Waals surface area contributed by atoms with Gasteiger partial charge in [0.05, 0.1) is 5.69 Å². The maximum atomic E-state index is 13.4. The number of benzene rings is 2. The highest BCUT2D eigenvalue weighted by Gasteiger charge is 2.30. The van der Waals surface area contributed by atoms with Gasteiger partial charge in [-0.15, -0.1) is 4.72 Å². The third-order valence-corrected chi connectivity index (χ3v) is 4.83. The summed E-state index contributed by atoms with van der Waals surface area (Å²) in [4.78, 5) is 0. The molecule has 0 aliphatic carbocycles. The van der Waals surface area contributed by atoms with Gasteiger partial charge in [0.15, 0.2) is 0 Å². The highest BCUT2D eigenvalue weighted by Crippen LogP contribution is 2.27. The average Bonchev–Trinajstić information content (AvgIpc) is 2.47. The van der Waals surface area contributed by atoms with Gasteiger partial charge in [-0.2, -0.15) is 0 Å². The molecule has 0 amide bonds. The summed E-state index contributed by atoms with van der Waals surface area (Å²) >= 11 is -1.26. The van der Waals surface area contributed by atoms with Crippen molar-refractivity contribution in [3.05, 3.63) is 65.5 Å². The fraction of sp³-hybridized carbons (Fsp3) is 0.294. The van der Waals surface area contributed by atoms with Crippen LogP contribution in [0, 0.1) is 5.82 Å². The number of nitrogens with two attached hydrogens (primary N) is 1. The topological polar surface area (TPSA) is 61.1 Å². The van der Waals surface area contributed by atoms with Gasteiger partial charge in [0.2, 0.25) is 0 Å². The molecule has 2 rings (SSSR count). The second-order valence-corrected chi connectivity index (χ2v) is 8.12. The van der Waals surface area contributed by atoms with Gasteiger partial charge >= 0.3 is 0 Å². The van der Waals surface area contributed by atoms with E-state index in [-0.39, 0.29) is 11.7 Å². The van der Waals surface area contributed by atoms with Crippen molar-refractivity contribution in [1.82, 2.24) is 4.72 Å². The normalized spacial score (nSPS) is 14.6. The Hall–Kier alpha value is -1.56. The Morgan fingerprint density at radius 3 is 2.27 bits per heavy atom. The van der Waals surface area contributed by atoms with Crippen molar-refractivity contribution in [2.75, 3.05) is 5.73 Å². The van der Waals surface area contributed by atoms with Crippen LogP contribution in [0.3, 0.4) is 0 Å². The van der Waals surface area contributed by atoms with Crippen LogP contribution >= 0.6 is 0 Å². The first-order valence-electron chi connectivity index (χ1n) is 7.07. The minimum atomic E-state index is -1.26. The average molecular weight is 320 g/mol. The molecule has 3 nitrogen and oxygen atoms in total. The van der Waals surface area contributed by atoms with E-state index < -0.39 is 21.9 Å². The van der Waals surface area contributed by atoms with Crippen LogP contribution in [0.25, 0.3) is 0 Å². The Bertz CT molecular complexity index is 628. The van der Waals surface area contributed by atoms with Gasteiger partial charge < -0.3 is 10.3 Å². The highest BCUT2D eigenvalue weighted by molar-refractivity contribution is 7.90. The van der Waals surface area contributed by atoms with E-state index in [9.17, 15) is 8.94 Å². The SMILES string of the molecule is CC(C)(C)[S+]([O-])N[C@H](c1ccccc1)c1ccc(F)c(N)c1. The number of halogens is 1. The molecule has 0 fully saturated rings. The second kappa shape index (κ2) is 6.69. The Morgan fingerprint density at radius 1 is 1.09 bits per heavy atom. The van der Waals surface area contributed by atoms with E-state index in [1.54, 1.807) is 12.1 Å². The first kappa shape index (κ1) is 16.8. The Morgan fingerprint density at radius 2 is 1.73 bits per heavy atom. The van der Waals surface area contributed by atoms with Crippen molar-refractivity contribution in [2.45, 2.75) is 31.6 Å². The first-order valence-corrected chi connectivity index (χ1v) is 8.22. The van der Waals surface area contributed by atoms with Crippen molar-refractivity contribution in [2.24, 2.45) is 0 Å². The molecule has 2 aromatic carbocycles. The van der Waals surface area contributed by atoms with E-state index in [4.69, 9.17) is 5.73 Å². The molecule has 118 valence electrons. The van der Waals surface area contributed by atoms with E-state index in [1.165, 1.54) is 6.07 Å². The van der Waals surface area contributed by atoms with Crippen molar-refractivity contribution in [3.8, 4) is 0 Å². The minimum Gasteiger partial charge on any atom is -0.598 e. The maximum absolute atomic E-state index is 13.4. The first-order chi connectivity index (χ1) is 10.3. The van der Waals surface area contributed by atoms with Crippen LogP contribution in [-0.4, -0.2) is 9.30 Å². The molecule has 0 spiro atoms. The zero-order chi connectivity index (χ0) is 16.3. The zero-order valence-electron chi connectivity index (χ0n) is 13.0. The number of nitrogens with one attached hydrogen (secondary N) is 1. The number of hydrogen-bond donors (Lipinski definition) is 2. The van der Waals surface area contributed by atoms with Crippen LogP contribution < -0.4 is 10.5 Å². The van der Waals surface area contributed by atoms with Crippen LogP contribution in [0.4, 0.5) is 10.1 Å². The summed E-state index contributed by atoms with van der Waals surface area (Å²) in [5, 5.41) is 0.